The summed E-state index contributed by atoms with van der Waals surface area (Å²) >= 11 is -3.75. The van der Waals surface area contributed by atoms with Gasteiger partial charge in [0.15, 0.2) is 0 Å². The molecule has 0 fully saturated rings. The van der Waals surface area contributed by atoms with E-state index in [9.17, 15) is 0 Å². The van der Waals surface area contributed by atoms with Crippen LogP contribution in [0.2, 0.25) is 0 Å². The predicted octanol–water partition coefficient (Wildman–Crippen LogP) is 3.68. The van der Waals surface area contributed by atoms with Crippen molar-refractivity contribution in [3.8, 4) is 0 Å². The van der Waals surface area contributed by atoms with Gasteiger partial charge in [0.1, 0.15) is 0 Å². The van der Waals surface area contributed by atoms with Crippen LogP contribution in [0.25, 0.3) is 0 Å². The van der Waals surface area contributed by atoms with E-state index in [0.717, 1.165) is 5.57 Å². The van der Waals surface area contributed by atoms with E-state index in [0.29, 0.717) is 19.8 Å². The molecule has 6 heteroatoms. The van der Waals surface area contributed by atoms with Crippen LogP contribution in [0.3, 0.4) is 0 Å². The molecule has 0 atom stereocenters. The fourth-order valence-electron chi connectivity index (χ4n) is 1.52. The molecule has 0 unspecified atom stereocenters. The van der Waals surface area contributed by atoms with E-state index in [2.05, 4.69) is 6.58 Å². The van der Waals surface area contributed by atoms with Crippen LogP contribution in [0.1, 0.15) is 48.5 Å². The van der Waals surface area contributed by atoms with Crippen molar-refractivity contribution in [2.45, 2.75) is 66.8 Å². The van der Waals surface area contributed by atoms with Gasteiger partial charge in [-0.25, -0.2) is 0 Å². The van der Waals surface area contributed by atoms with Gasteiger partial charge in [-0.2, -0.15) is 0 Å². The summed E-state index contributed by atoms with van der Waals surface area (Å²) in [6.45, 7) is 18.8. The van der Waals surface area contributed by atoms with Crippen molar-refractivity contribution in [3.05, 3.63) is 12.2 Å². The van der Waals surface area contributed by atoms with Crippen LogP contribution >= 0.6 is 0 Å². The Labute approximate surface area is 135 Å². The molecular weight excluding hydrogens is 308 g/mol. The van der Waals surface area contributed by atoms with Crippen LogP contribution in [0.15, 0.2) is 12.2 Å². The van der Waals surface area contributed by atoms with E-state index in [1.807, 2.05) is 48.5 Å². The molecule has 0 bridgehead atoms. The van der Waals surface area contributed by atoms with Gasteiger partial charge in [-0.1, -0.05) is 0 Å². The Balaban J connectivity index is 4.61. The van der Waals surface area contributed by atoms with Gasteiger partial charge >= 0.3 is 135 Å². The quantitative estimate of drug-likeness (QED) is 0.308. The SMILES string of the molecule is C=C(C)COCC[O][Ti]([O]C(C)C)([O]C(C)C)[O]C(C)C. The third kappa shape index (κ3) is 11.5. The third-order valence-corrected chi connectivity index (χ3v) is 6.43. The molecule has 5 nitrogen and oxygen atoms in total. The fraction of sp³-hybridized carbons (Fsp3) is 0.867. The Morgan fingerprint density at radius 1 is 0.857 bits per heavy atom. The van der Waals surface area contributed by atoms with Crippen molar-refractivity contribution in [2.24, 2.45) is 0 Å². The third-order valence-electron chi connectivity index (χ3n) is 2.00. The monoisotopic (exact) mass is 340 g/mol. The Morgan fingerprint density at radius 2 is 1.29 bits per heavy atom. The van der Waals surface area contributed by atoms with Crippen molar-refractivity contribution in [3.63, 3.8) is 0 Å². The molecule has 0 aromatic rings. The van der Waals surface area contributed by atoms with Gasteiger partial charge in [-0.3, -0.25) is 0 Å². The van der Waals surface area contributed by atoms with Gasteiger partial charge in [0.2, 0.25) is 0 Å². The first-order chi connectivity index (χ1) is 9.67. The summed E-state index contributed by atoms with van der Waals surface area (Å²) in [6.07, 6.45) is -0.0449. The van der Waals surface area contributed by atoms with Crippen molar-refractivity contribution in [1.82, 2.24) is 0 Å². The van der Waals surface area contributed by atoms with Crippen LogP contribution in [0.5, 0.6) is 0 Å². The van der Waals surface area contributed by atoms with Gasteiger partial charge in [-0.05, 0) is 0 Å². The molecule has 0 aliphatic carbocycles. The Kier molecular flexibility index (Phi) is 11.0. The molecule has 0 spiro atoms. The summed E-state index contributed by atoms with van der Waals surface area (Å²) in [5.41, 5.74) is 0.984. The minimum absolute atomic E-state index is 0.0150. The summed E-state index contributed by atoms with van der Waals surface area (Å²) in [5, 5.41) is 0. The molecular formula is C15H32O5Ti. The molecule has 0 radical (unpaired) electrons. The molecule has 0 saturated heterocycles. The summed E-state index contributed by atoms with van der Waals surface area (Å²) in [7, 11) is 0. The molecule has 126 valence electrons. The second-order valence-corrected chi connectivity index (χ2v) is 8.97. The van der Waals surface area contributed by atoms with Crippen LogP contribution in [-0.4, -0.2) is 38.1 Å². The second-order valence-electron chi connectivity index (χ2n) is 5.86. The van der Waals surface area contributed by atoms with Crippen molar-refractivity contribution < 1.29 is 36.2 Å². The maximum atomic E-state index is 5.93. The summed E-state index contributed by atoms with van der Waals surface area (Å²) in [5.74, 6) is 0. The van der Waals surface area contributed by atoms with E-state index in [1.165, 1.54) is 0 Å². The maximum absolute atomic E-state index is 5.93. The van der Waals surface area contributed by atoms with Crippen LogP contribution < -0.4 is 0 Å². The van der Waals surface area contributed by atoms with Gasteiger partial charge in [0.25, 0.3) is 0 Å². The van der Waals surface area contributed by atoms with E-state index in [-0.39, 0.29) is 18.3 Å². The standard InChI is InChI=1S/C6H11O2.3C3H7O.Ti/c1-6(2)5-8-4-3-7;3*1-3(2)4;/h1,3-5H2,2H3;3*3H,1-2H3;/q4*-1;+4. The van der Waals surface area contributed by atoms with Gasteiger partial charge in [0.05, 0.1) is 0 Å². The molecule has 0 rings (SSSR count). The predicted molar refractivity (Wildman–Crippen MR) is 80.2 cm³/mol. The van der Waals surface area contributed by atoms with Gasteiger partial charge < -0.3 is 0 Å². The molecule has 0 saturated carbocycles. The zero-order chi connectivity index (χ0) is 16.5. The van der Waals surface area contributed by atoms with Crippen molar-refractivity contribution in [2.75, 3.05) is 19.8 Å². The van der Waals surface area contributed by atoms with Gasteiger partial charge in [0, 0.05) is 0 Å². The van der Waals surface area contributed by atoms with Crippen LogP contribution in [-0.2, 0) is 36.2 Å². The Morgan fingerprint density at radius 3 is 1.62 bits per heavy atom. The second kappa shape index (κ2) is 10.9. The topological polar surface area (TPSA) is 46.2 Å². The van der Waals surface area contributed by atoms with Crippen molar-refractivity contribution >= 4 is 0 Å². The van der Waals surface area contributed by atoms with Gasteiger partial charge in [-0.15, -0.1) is 0 Å². The molecule has 21 heavy (non-hydrogen) atoms. The summed E-state index contributed by atoms with van der Waals surface area (Å²) in [4.78, 5) is 0. The Bertz CT molecular complexity index is 265. The van der Waals surface area contributed by atoms with E-state index in [4.69, 9.17) is 18.0 Å². The summed E-state index contributed by atoms with van der Waals surface area (Å²) in [6, 6.07) is 0. The number of rotatable bonds is 12. The minimum atomic E-state index is -3.75. The first-order valence-electron chi connectivity index (χ1n) is 7.56. The van der Waals surface area contributed by atoms with Crippen LogP contribution in [0.4, 0.5) is 0 Å². The van der Waals surface area contributed by atoms with E-state index in [1.54, 1.807) is 0 Å². The van der Waals surface area contributed by atoms with Crippen molar-refractivity contribution in [1.29, 1.82) is 0 Å². The van der Waals surface area contributed by atoms with Crippen LogP contribution in [0, 0.1) is 0 Å². The summed E-state index contributed by atoms with van der Waals surface area (Å²) < 4.78 is 29.2. The Hall–Kier alpha value is 0.254. The molecule has 0 aromatic heterocycles. The van der Waals surface area contributed by atoms with E-state index < -0.39 is 18.1 Å². The average Bonchev–Trinajstić information content (AvgIpc) is 2.24. The molecule has 0 amide bonds. The molecule has 0 N–H and O–H groups in total. The zero-order valence-corrected chi connectivity index (χ0v) is 16.2. The number of hydrogen-bond acceptors (Lipinski definition) is 5. The van der Waals surface area contributed by atoms with E-state index >= 15 is 0 Å². The fourth-order valence-corrected chi connectivity index (χ4v) is 5.33. The molecule has 0 aromatic carbocycles. The zero-order valence-electron chi connectivity index (χ0n) is 14.6. The first kappa shape index (κ1) is 21.3. The molecule has 0 aliphatic rings. The normalized spacial score (nSPS) is 12.7. The average molecular weight is 340 g/mol. The number of ether oxygens (including phenoxy) is 1. The number of hydrogen-bond donors (Lipinski definition) is 0. The molecule has 0 heterocycles. The first-order valence-corrected chi connectivity index (χ1v) is 10.1. The molecule has 0 aliphatic heterocycles.